The molecule has 22 heavy (non-hydrogen) atoms. The highest BCUT2D eigenvalue weighted by Crippen LogP contribution is 2.41. The van der Waals surface area contributed by atoms with Crippen LogP contribution in [-0.4, -0.2) is 38.4 Å². The van der Waals surface area contributed by atoms with E-state index in [2.05, 4.69) is 14.5 Å². The van der Waals surface area contributed by atoms with Crippen LogP contribution in [0.2, 0.25) is 0 Å². The third-order valence-corrected chi connectivity index (χ3v) is 5.61. The average Bonchev–Trinajstić information content (AvgIpc) is 3.11. The summed E-state index contributed by atoms with van der Waals surface area (Å²) >= 11 is 1.64. The number of piperidine rings is 1. The number of hydrogen-bond donors (Lipinski definition) is 0. The normalized spacial score (nSPS) is 22.0. The number of nitrogens with zero attached hydrogens (tertiary/aromatic N) is 4. The largest absolute Gasteiger partial charge is 0.335 e. The van der Waals surface area contributed by atoms with Gasteiger partial charge in [0.25, 0.3) is 5.91 Å². The van der Waals surface area contributed by atoms with Gasteiger partial charge in [-0.15, -0.1) is 11.3 Å². The molecule has 2 aromatic rings. The number of rotatable bonds is 3. The van der Waals surface area contributed by atoms with Crippen molar-refractivity contribution >= 4 is 17.2 Å². The topological polar surface area (TPSA) is 51.0 Å². The van der Waals surface area contributed by atoms with Crippen molar-refractivity contribution in [1.82, 2.24) is 19.4 Å². The van der Waals surface area contributed by atoms with Crippen molar-refractivity contribution in [1.29, 1.82) is 0 Å². The Morgan fingerprint density at radius 2 is 2.23 bits per heavy atom. The Kier molecular flexibility index (Phi) is 3.48. The highest BCUT2D eigenvalue weighted by molar-refractivity contribution is 7.10. The minimum Gasteiger partial charge on any atom is -0.335 e. The van der Waals surface area contributed by atoms with Gasteiger partial charge in [-0.05, 0) is 32.6 Å². The smallest absolute Gasteiger partial charge is 0.273 e. The lowest BCUT2D eigenvalue weighted by Crippen LogP contribution is -2.41. The van der Waals surface area contributed by atoms with E-state index in [9.17, 15) is 4.79 Å². The van der Waals surface area contributed by atoms with E-state index in [1.807, 2.05) is 29.6 Å². The van der Waals surface area contributed by atoms with Crippen molar-refractivity contribution in [2.45, 2.75) is 44.6 Å². The summed E-state index contributed by atoms with van der Waals surface area (Å²) in [4.78, 5) is 23.5. The first kappa shape index (κ1) is 13.9. The van der Waals surface area contributed by atoms with Crippen LogP contribution in [0.3, 0.4) is 0 Å². The highest BCUT2D eigenvalue weighted by atomic mass is 32.1. The molecule has 116 valence electrons. The Morgan fingerprint density at radius 3 is 2.95 bits per heavy atom. The molecule has 1 amide bonds. The van der Waals surface area contributed by atoms with Gasteiger partial charge < -0.3 is 9.47 Å². The summed E-state index contributed by atoms with van der Waals surface area (Å²) in [5.41, 5.74) is 0.634. The molecule has 0 bridgehead atoms. The minimum atomic E-state index is 0.0885. The van der Waals surface area contributed by atoms with E-state index in [0.29, 0.717) is 17.7 Å². The van der Waals surface area contributed by atoms with Crippen LogP contribution >= 0.6 is 11.3 Å². The lowest BCUT2D eigenvalue weighted by atomic mass is 10.1. The monoisotopic (exact) mass is 316 g/mol. The van der Waals surface area contributed by atoms with Gasteiger partial charge in [0.15, 0.2) is 0 Å². The van der Waals surface area contributed by atoms with Crippen LogP contribution in [0.1, 0.15) is 59.0 Å². The van der Waals surface area contributed by atoms with E-state index in [0.717, 1.165) is 36.8 Å². The Balaban J connectivity index is 1.49. The van der Waals surface area contributed by atoms with E-state index in [4.69, 9.17) is 0 Å². The average molecular weight is 316 g/mol. The molecule has 6 heteroatoms. The minimum absolute atomic E-state index is 0.0885. The number of thiazole rings is 1. The molecule has 4 rings (SSSR count). The van der Waals surface area contributed by atoms with Crippen LogP contribution in [0.4, 0.5) is 0 Å². The fraction of sp³-hybridized carbons (Fsp3) is 0.562. The first-order chi connectivity index (χ1) is 10.7. The van der Waals surface area contributed by atoms with Crippen molar-refractivity contribution in [2.75, 3.05) is 13.1 Å². The number of hydrogen-bond acceptors (Lipinski definition) is 4. The third kappa shape index (κ3) is 2.56. The molecule has 1 saturated carbocycles. The van der Waals surface area contributed by atoms with Crippen molar-refractivity contribution in [3.8, 4) is 0 Å². The molecular weight excluding hydrogens is 296 g/mol. The number of aromatic nitrogens is 3. The van der Waals surface area contributed by atoms with Gasteiger partial charge in [0.05, 0.1) is 11.0 Å². The molecule has 1 atom stereocenters. The van der Waals surface area contributed by atoms with Gasteiger partial charge >= 0.3 is 0 Å². The second-order valence-electron chi connectivity index (χ2n) is 6.27. The molecule has 0 unspecified atom stereocenters. The fourth-order valence-corrected chi connectivity index (χ4v) is 4.17. The van der Waals surface area contributed by atoms with Crippen molar-refractivity contribution in [2.24, 2.45) is 0 Å². The zero-order valence-electron chi connectivity index (χ0n) is 12.7. The molecule has 0 aromatic carbocycles. The zero-order valence-corrected chi connectivity index (χ0v) is 13.6. The molecular formula is C16H20N4OS. The highest BCUT2D eigenvalue weighted by Gasteiger charge is 2.30. The summed E-state index contributed by atoms with van der Waals surface area (Å²) in [6.45, 7) is 3.61. The number of aryl methyl sites for hydroxylation is 1. The molecule has 3 heterocycles. The Hall–Kier alpha value is -1.69. The van der Waals surface area contributed by atoms with Gasteiger partial charge in [0.1, 0.15) is 11.5 Å². The summed E-state index contributed by atoms with van der Waals surface area (Å²) in [5.74, 6) is 1.73. The maximum absolute atomic E-state index is 12.7. The molecule has 0 spiro atoms. The van der Waals surface area contributed by atoms with E-state index in [-0.39, 0.29) is 5.91 Å². The molecule has 0 N–H and O–H groups in total. The maximum Gasteiger partial charge on any atom is 0.273 e. The van der Waals surface area contributed by atoms with Crippen molar-refractivity contribution in [3.05, 3.63) is 34.3 Å². The van der Waals surface area contributed by atoms with Crippen LogP contribution in [-0.2, 0) is 0 Å². The first-order valence-electron chi connectivity index (χ1n) is 7.96. The lowest BCUT2D eigenvalue weighted by Gasteiger charge is -2.33. The van der Waals surface area contributed by atoms with Crippen molar-refractivity contribution in [3.63, 3.8) is 0 Å². The van der Waals surface area contributed by atoms with Crippen LogP contribution in [0, 0.1) is 6.92 Å². The second-order valence-corrected chi connectivity index (χ2v) is 7.16. The summed E-state index contributed by atoms with van der Waals surface area (Å²) in [6, 6.07) is 0.335. The first-order valence-corrected chi connectivity index (χ1v) is 8.84. The molecule has 2 aliphatic rings. The van der Waals surface area contributed by atoms with Crippen molar-refractivity contribution < 1.29 is 4.79 Å². The number of carbonyl (C=O) groups is 1. The van der Waals surface area contributed by atoms with E-state index in [1.165, 1.54) is 12.8 Å². The molecule has 0 radical (unpaired) electrons. The summed E-state index contributed by atoms with van der Waals surface area (Å²) in [6.07, 6.45) is 8.44. The number of imidazole rings is 1. The van der Waals surface area contributed by atoms with Crippen LogP contribution in [0.25, 0.3) is 0 Å². The SMILES string of the molecule is Cc1nccn1[C@@H]1CCCN(C(=O)c2csc(C3CC3)n2)C1. The van der Waals surface area contributed by atoms with E-state index in [1.54, 1.807) is 11.3 Å². The van der Waals surface area contributed by atoms with Crippen LogP contribution in [0.15, 0.2) is 17.8 Å². The summed E-state index contributed by atoms with van der Waals surface area (Å²) in [5, 5.41) is 3.07. The Morgan fingerprint density at radius 1 is 1.36 bits per heavy atom. The molecule has 1 aliphatic heterocycles. The molecule has 2 aromatic heterocycles. The van der Waals surface area contributed by atoms with E-state index < -0.39 is 0 Å². The molecule has 1 aliphatic carbocycles. The summed E-state index contributed by atoms with van der Waals surface area (Å²) < 4.78 is 2.19. The quantitative estimate of drug-likeness (QED) is 0.874. The standard InChI is InChI=1S/C16H20N4OS/c1-11-17-6-8-20(11)13-3-2-7-19(9-13)16(21)14-10-22-15(18-14)12-4-5-12/h6,8,10,12-13H,2-5,7,9H2,1H3/t13-/m1/s1. The van der Waals surface area contributed by atoms with Crippen LogP contribution < -0.4 is 0 Å². The molecule has 1 saturated heterocycles. The predicted octanol–water partition coefficient (Wildman–Crippen LogP) is 3.00. The van der Waals surface area contributed by atoms with E-state index >= 15 is 0 Å². The van der Waals surface area contributed by atoms with Gasteiger partial charge in [-0.3, -0.25) is 4.79 Å². The zero-order chi connectivity index (χ0) is 15.1. The van der Waals surface area contributed by atoms with Gasteiger partial charge in [0, 0.05) is 36.8 Å². The Bertz CT molecular complexity index is 688. The second kappa shape index (κ2) is 5.50. The fourth-order valence-electron chi connectivity index (χ4n) is 3.21. The van der Waals surface area contributed by atoms with Gasteiger partial charge in [-0.25, -0.2) is 9.97 Å². The summed E-state index contributed by atoms with van der Waals surface area (Å²) in [7, 11) is 0. The number of carbonyl (C=O) groups excluding carboxylic acids is 1. The third-order valence-electron chi connectivity index (χ3n) is 4.61. The lowest BCUT2D eigenvalue weighted by molar-refractivity contribution is 0.0673. The van der Waals surface area contributed by atoms with Gasteiger partial charge in [-0.2, -0.15) is 0 Å². The predicted molar refractivity (Wildman–Crippen MR) is 85.2 cm³/mol. The Labute approximate surface area is 134 Å². The number of amides is 1. The van der Waals surface area contributed by atoms with Crippen LogP contribution in [0.5, 0.6) is 0 Å². The maximum atomic E-state index is 12.7. The van der Waals surface area contributed by atoms with Gasteiger partial charge in [0.2, 0.25) is 0 Å². The van der Waals surface area contributed by atoms with Gasteiger partial charge in [-0.1, -0.05) is 0 Å². The molecule has 2 fully saturated rings. The molecule has 5 nitrogen and oxygen atoms in total. The number of likely N-dealkylation sites (tertiary alicyclic amines) is 1.